The van der Waals surface area contributed by atoms with Crippen molar-refractivity contribution in [1.82, 2.24) is 5.32 Å². The van der Waals surface area contributed by atoms with Gasteiger partial charge < -0.3 is 26.3 Å². The Labute approximate surface area is 156 Å². The minimum absolute atomic E-state index is 0.120. The lowest BCUT2D eigenvalue weighted by atomic mass is 10.1. The second kappa shape index (κ2) is 11.9. The first-order valence-corrected chi connectivity index (χ1v) is 10.4. The molecule has 2 atom stereocenters. The maximum absolute atomic E-state index is 11.8. The van der Waals surface area contributed by atoms with E-state index in [1.165, 1.54) is 7.11 Å². The monoisotopic (exact) mass is 387 g/mol. The van der Waals surface area contributed by atoms with Gasteiger partial charge >= 0.3 is 12.1 Å². The zero-order chi connectivity index (χ0) is 18.7. The van der Waals surface area contributed by atoms with Crippen molar-refractivity contribution < 1.29 is 19.1 Å². The summed E-state index contributed by atoms with van der Waals surface area (Å²) in [6.07, 6.45) is 2.64. The first-order chi connectivity index (χ1) is 12.0. The van der Waals surface area contributed by atoms with Crippen LogP contribution in [0, 0.1) is 0 Å². The van der Waals surface area contributed by atoms with E-state index < -0.39 is 18.1 Å². The predicted octanol–water partition coefficient (Wildman–Crippen LogP) is 2.16. The van der Waals surface area contributed by atoms with E-state index in [9.17, 15) is 9.59 Å². The molecule has 25 heavy (non-hydrogen) atoms. The molecular formula is C16H25N3O4S2. The van der Waals surface area contributed by atoms with Gasteiger partial charge in [0.05, 0.1) is 7.11 Å². The topological polar surface area (TPSA) is 117 Å². The molecule has 0 saturated heterocycles. The highest BCUT2D eigenvalue weighted by Crippen LogP contribution is 2.27. The molecule has 1 aromatic rings. The van der Waals surface area contributed by atoms with Crippen LogP contribution in [-0.4, -0.2) is 43.3 Å². The van der Waals surface area contributed by atoms with Crippen LogP contribution in [0.1, 0.15) is 18.4 Å². The number of nitrogens with one attached hydrogen (secondary N) is 1. The number of esters is 1. The fraction of sp³-hybridized carbons (Fsp3) is 0.500. The van der Waals surface area contributed by atoms with Gasteiger partial charge in [0.2, 0.25) is 0 Å². The molecule has 0 aliphatic heterocycles. The first-order valence-electron chi connectivity index (χ1n) is 7.74. The zero-order valence-electron chi connectivity index (χ0n) is 14.4. The number of nitrogens with two attached hydrogens (primary N) is 2. The summed E-state index contributed by atoms with van der Waals surface area (Å²) in [5.74, 6) is -0.427. The first kappa shape index (κ1) is 21.5. The lowest BCUT2D eigenvalue weighted by Crippen LogP contribution is -2.35. The maximum atomic E-state index is 11.8. The van der Waals surface area contributed by atoms with Gasteiger partial charge in [0.25, 0.3) is 0 Å². The average Bonchev–Trinajstić information content (AvgIpc) is 2.62. The van der Waals surface area contributed by atoms with Crippen LogP contribution in [0.25, 0.3) is 0 Å². The largest absolute Gasteiger partial charge is 0.468 e. The van der Waals surface area contributed by atoms with E-state index in [0.717, 1.165) is 5.56 Å². The quantitative estimate of drug-likeness (QED) is 0.318. The number of hydrogen-bond acceptors (Lipinski definition) is 8. The summed E-state index contributed by atoms with van der Waals surface area (Å²) < 4.78 is 9.78. The fourth-order valence-electron chi connectivity index (χ4n) is 1.97. The standard InChI is InChI=1S/C16H25N3O4S2/c1-22-15(20)14(18)8-7-13(25-24-2)9-19-16(21)23-10-11-3-5-12(17)6-4-11/h3-6,13-14H,7-10,17-18H2,1-2H3,(H,19,21). The number of alkyl carbamates (subject to hydrolysis) is 1. The Morgan fingerprint density at radius 1 is 1.24 bits per heavy atom. The number of carbonyl (C=O) groups is 2. The highest BCUT2D eigenvalue weighted by atomic mass is 33.1. The van der Waals surface area contributed by atoms with Crippen molar-refractivity contribution >= 4 is 39.3 Å². The molecule has 0 heterocycles. The summed E-state index contributed by atoms with van der Waals surface area (Å²) in [7, 11) is 4.53. The Kier molecular flexibility index (Phi) is 10.2. The molecule has 0 aliphatic rings. The van der Waals surface area contributed by atoms with Crippen molar-refractivity contribution in [3.8, 4) is 0 Å². The number of carbonyl (C=O) groups excluding carboxylic acids is 2. The number of amides is 1. The van der Waals surface area contributed by atoms with E-state index in [-0.39, 0.29) is 11.9 Å². The summed E-state index contributed by atoms with van der Waals surface area (Å²) in [5.41, 5.74) is 12.9. The Hall–Kier alpha value is -1.58. The molecule has 2 unspecified atom stereocenters. The van der Waals surface area contributed by atoms with Crippen LogP contribution in [0.4, 0.5) is 10.5 Å². The summed E-state index contributed by atoms with van der Waals surface area (Å²) >= 11 is 0. The lowest BCUT2D eigenvalue weighted by Gasteiger charge is -2.17. The second-order valence-electron chi connectivity index (χ2n) is 5.29. The second-order valence-corrected chi connectivity index (χ2v) is 8.06. The van der Waals surface area contributed by atoms with Crippen molar-refractivity contribution in [1.29, 1.82) is 0 Å². The summed E-state index contributed by atoms with van der Waals surface area (Å²) in [4.78, 5) is 23.1. The van der Waals surface area contributed by atoms with Gasteiger partial charge in [-0.05, 0) is 36.8 Å². The Bertz CT molecular complexity index is 543. The molecule has 1 aromatic carbocycles. The van der Waals surface area contributed by atoms with Crippen molar-refractivity contribution in [2.75, 3.05) is 25.6 Å². The van der Waals surface area contributed by atoms with Gasteiger partial charge in [0, 0.05) is 17.5 Å². The number of anilines is 1. The zero-order valence-corrected chi connectivity index (χ0v) is 16.0. The maximum Gasteiger partial charge on any atom is 0.407 e. The third-order valence-corrected chi connectivity index (χ3v) is 5.62. The highest BCUT2D eigenvalue weighted by molar-refractivity contribution is 8.76. The third-order valence-electron chi connectivity index (χ3n) is 3.36. The highest BCUT2D eigenvalue weighted by Gasteiger charge is 2.18. The van der Waals surface area contributed by atoms with Gasteiger partial charge in [0.15, 0.2) is 0 Å². The van der Waals surface area contributed by atoms with Crippen molar-refractivity contribution in [3.63, 3.8) is 0 Å². The van der Waals surface area contributed by atoms with Crippen LogP contribution in [0.3, 0.4) is 0 Å². The Morgan fingerprint density at radius 3 is 2.52 bits per heavy atom. The van der Waals surface area contributed by atoms with Crippen LogP contribution >= 0.6 is 21.6 Å². The van der Waals surface area contributed by atoms with Crippen molar-refractivity contribution in [2.45, 2.75) is 30.7 Å². The molecule has 0 bridgehead atoms. The Balaban J connectivity index is 2.33. The molecule has 0 fully saturated rings. The van der Waals surface area contributed by atoms with E-state index in [1.807, 2.05) is 18.4 Å². The van der Waals surface area contributed by atoms with E-state index in [0.29, 0.717) is 25.1 Å². The summed E-state index contributed by atoms with van der Waals surface area (Å²) in [5, 5.41) is 2.86. The SMILES string of the molecule is COC(=O)C(N)CCC(CNC(=O)OCc1ccc(N)cc1)SSC. The number of methoxy groups -OCH3 is 1. The summed E-state index contributed by atoms with van der Waals surface area (Å²) in [6, 6.07) is 6.48. The van der Waals surface area contributed by atoms with Gasteiger partial charge in [0.1, 0.15) is 12.6 Å². The molecule has 0 radical (unpaired) electrons. The molecular weight excluding hydrogens is 362 g/mol. The molecule has 1 amide bonds. The van der Waals surface area contributed by atoms with Crippen LogP contribution < -0.4 is 16.8 Å². The molecule has 5 N–H and O–H groups in total. The number of ether oxygens (including phenoxy) is 2. The van der Waals surface area contributed by atoms with Gasteiger partial charge in [-0.15, -0.1) is 0 Å². The molecule has 140 valence electrons. The van der Waals surface area contributed by atoms with Gasteiger partial charge in [-0.25, -0.2) is 4.79 Å². The van der Waals surface area contributed by atoms with Gasteiger partial charge in [-0.2, -0.15) is 0 Å². The lowest BCUT2D eigenvalue weighted by molar-refractivity contribution is -0.142. The predicted molar refractivity (Wildman–Crippen MR) is 103 cm³/mol. The average molecular weight is 388 g/mol. The molecule has 0 spiro atoms. The molecule has 0 aromatic heterocycles. The molecule has 7 nitrogen and oxygen atoms in total. The van der Waals surface area contributed by atoms with Crippen molar-refractivity contribution in [3.05, 3.63) is 29.8 Å². The summed E-state index contributed by atoms with van der Waals surface area (Å²) in [6.45, 7) is 0.611. The van der Waals surface area contributed by atoms with Crippen LogP contribution in [0.2, 0.25) is 0 Å². The smallest absolute Gasteiger partial charge is 0.407 e. The van der Waals surface area contributed by atoms with E-state index in [4.69, 9.17) is 16.2 Å². The minimum atomic E-state index is -0.646. The molecule has 1 rings (SSSR count). The third kappa shape index (κ3) is 8.89. The molecule has 9 heteroatoms. The number of benzene rings is 1. The molecule has 0 saturated carbocycles. The van der Waals surface area contributed by atoms with E-state index in [2.05, 4.69) is 10.1 Å². The van der Waals surface area contributed by atoms with Crippen LogP contribution in [-0.2, 0) is 20.9 Å². The number of nitrogen functional groups attached to an aromatic ring is 1. The normalized spacial score (nSPS) is 12.9. The Morgan fingerprint density at radius 2 is 1.92 bits per heavy atom. The minimum Gasteiger partial charge on any atom is -0.468 e. The molecule has 0 aliphatic carbocycles. The fourth-order valence-corrected chi connectivity index (χ4v) is 3.93. The number of hydrogen-bond donors (Lipinski definition) is 3. The van der Waals surface area contributed by atoms with Crippen LogP contribution in [0.5, 0.6) is 0 Å². The van der Waals surface area contributed by atoms with Gasteiger partial charge in [-0.3, -0.25) is 4.79 Å². The van der Waals surface area contributed by atoms with E-state index in [1.54, 1.807) is 33.7 Å². The number of rotatable bonds is 10. The van der Waals surface area contributed by atoms with Crippen LogP contribution in [0.15, 0.2) is 24.3 Å². The van der Waals surface area contributed by atoms with Crippen molar-refractivity contribution in [2.24, 2.45) is 5.73 Å². The van der Waals surface area contributed by atoms with Gasteiger partial charge in [-0.1, -0.05) is 33.7 Å². The van der Waals surface area contributed by atoms with E-state index >= 15 is 0 Å².